The summed E-state index contributed by atoms with van der Waals surface area (Å²) < 4.78 is 54.9. The molecule has 94 valence electrons. The minimum absolute atomic E-state index is 0.152. The van der Waals surface area contributed by atoms with Crippen LogP contribution in [0.4, 0.5) is 17.6 Å². The summed E-state index contributed by atoms with van der Waals surface area (Å²) in [6.45, 7) is 0. The summed E-state index contributed by atoms with van der Waals surface area (Å²) in [5.41, 5.74) is -1.44. The highest BCUT2D eigenvalue weighted by molar-refractivity contribution is 9.10. The van der Waals surface area contributed by atoms with E-state index in [2.05, 4.69) is 31.9 Å². The lowest BCUT2D eigenvalue weighted by Crippen LogP contribution is -1.97. The van der Waals surface area contributed by atoms with Crippen molar-refractivity contribution in [1.29, 1.82) is 0 Å². The van der Waals surface area contributed by atoms with Crippen LogP contribution in [0.3, 0.4) is 0 Å². The van der Waals surface area contributed by atoms with Gasteiger partial charge in [0.1, 0.15) is 23.3 Å². The third-order valence-electron chi connectivity index (χ3n) is 2.26. The SMILES string of the molecule is Fc1cc(Br)cc(F)c1-c1c(F)cc(Br)cc1F. The molecule has 0 aromatic heterocycles. The van der Waals surface area contributed by atoms with Crippen LogP contribution in [0.5, 0.6) is 0 Å². The van der Waals surface area contributed by atoms with Crippen molar-refractivity contribution in [3.8, 4) is 11.1 Å². The Kier molecular flexibility index (Phi) is 3.77. The van der Waals surface area contributed by atoms with Crippen molar-refractivity contribution in [3.05, 3.63) is 56.5 Å². The van der Waals surface area contributed by atoms with Crippen LogP contribution in [-0.4, -0.2) is 0 Å². The van der Waals surface area contributed by atoms with E-state index in [-0.39, 0.29) is 8.95 Å². The minimum atomic E-state index is -1.04. The topological polar surface area (TPSA) is 0 Å². The molecule has 18 heavy (non-hydrogen) atoms. The predicted molar refractivity (Wildman–Crippen MR) is 67.1 cm³/mol. The summed E-state index contributed by atoms with van der Waals surface area (Å²) >= 11 is 5.79. The Bertz CT molecular complexity index is 524. The average molecular weight is 384 g/mol. The standard InChI is InChI=1S/C12H4Br2F4/c13-5-1-7(15)11(8(16)2-5)12-9(17)3-6(14)4-10(12)18/h1-4H. The lowest BCUT2D eigenvalue weighted by atomic mass is 10.0. The number of hydrogen-bond donors (Lipinski definition) is 0. The lowest BCUT2D eigenvalue weighted by Gasteiger charge is -2.09. The fourth-order valence-corrected chi connectivity index (χ4v) is 2.37. The number of halogens is 6. The first-order valence-electron chi connectivity index (χ1n) is 4.69. The van der Waals surface area contributed by atoms with Crippen molar-refractivity contribution in [2.45, 2.75) is 0 Å². The van der Waals surface area contributed by atoms with Crippen LogP contribution < -0.4 is 0 Å². The zero-order valence-electron chi connectivity index (χ0n) is 8.58. The van der Waals surface area contributed by atoms with E-state index < -0.39 is 34.4 Å². The molecular formula is C12H4Br2F4. The lowest BCUT2D eigenvalue weighted by molar-refractivity contribution is 0.562. The molecule has 0 atom stereocenters. The van der Waals surface area contributed by atoms with E-state index in [1.807, 2.05) is 0 Å². The van der Waals surface area contributed by atoms with Crippen LogP contribution >= 0.6 is 31.9 Å². The van der Waals surface area contributed by atoms with Crippen molar-refractivity contribution in [2.75, 3.05) is 0 Å². The highest BCUT2D eigenvalue weighted by Gasteiger charge is 2.20. The quantitative estimate of drug-likeness (QED) is 0.575. The second-order valence-electron chi connectivity index (χ2n) is 3.49. The van der Waals surface area contributed by atoms with E-state index in [1.54, 1.807) is 0 Å². The molecule has 6 heteroatoms. The smallest absolute Gasteiger partial charge is 0.135 e. The molecule has 0 aliphatic carbocycles. The van der Waals surface area contributed by atoms with Gasteiger partial charge >= 0.3 is 0 Å². The van der Waals surface area contributed by atoms with Gasteiger partial charge in [-0.05, 0) is 24.3 Å². The second-order valence-corrected chi connectivity index (χ2v) is 5.32. The largest absolute Gasteiger partial charge is 0.206 e. The van der Waals surface area contributed by atoms with Gasteiger partial charge in [0.05, 0.1) is 11.1 Å². The normalized spacial score (nSPS) is 10.8. The molecule has 2 aromatic carbocycles. The molecule has 0 saturated carbocycles. The van der Waals surface area contributed by atoms with Crippen molar-refractivity contribution in [2.24, 2.45) is 0 Å². The number of benzene rings is 2. The van der Waals surface area contributed by atoms with E-state index in [1.165, 1.54) is 0 Å². The van der Waals surface area contributed by atoms with Gasteiger partial charge in [-0.25, -0.2) is 17.6 Å². The Balaban J connectivity index is 2.78. The molecule has 0 fully saturated rings. The molecule has 0 saturated heterocycles. The average Bonchev–Trinajstić information content (AvgIpc) is 2.20. The molecular weight excluding hydrogens is 380 g/mol. The molecule has 0 N–H and O–H groups in total. The van der Waals surface area contributed by atoms with E-state index in [4.69, 9.17) is 0 Å². The first kappa shape index (κ1) is 13.5. The Morgan fingerprint density at radius 3 is 1.00 bits per heavy atom. The second kappa shape index (κ2) is 5.01. The minimum Gasteiger partial charge on any atom is -0.206 e. The first-order valence-corrected chi connectivity index (χ1v) is 6.28. The van der Waals surface area contributed by atoms with Crippen LogP contribution in [0.15, 0.2) is 33.2 Å². The third-order valence-corrected chi connectivity index (χ3v) is 3.18. The molecule has 0 aliphatic heterocycles. The van der Waals surface area contributed by atoms with Gasteiger partial charge in [-0.3, -0.25) is 0 Å². The maximum absolute atomic E-state index is 13.6. The van der Waals surface area contributed by atoms with E-state index in [9.17, 15) is 17.6 Å². The van der Waals surface area contributed by atoms with Gasteiger partial charge in [0.15, 0.2) is 0 Å². The summed E-state index contributed by atoms with van der Waals surface area (Å²) in [6.07, 6.45) is 0. The molecule has 0 spiro atoms. The molecule has 0 radical (unpaired) electrons. The van der Waals surface area contributed by atoms with Crippen molar-refractivity contribution >= 4 is 31.9 Å². The Morgan fingerprint density at radius 1 is 0.556 bits per heavy atom. The summed E-state index contributed by atoms with van der Waals surface area (Å²) in [5, 5.41) is 0. The van der Waals surface area contributed by atoms with Gasteiger partial charge in [-0.1, -0.05) is 31.9 Å². The maximum atomic E-state index is 13.6. The van der Waals surface area contributed by atoms with E-state index >= 15 is 0 Å². The van der Waals surface area contributed by atoms with Crippen LogP contribution in [0.25, 0.3) is 11.1 Å². The van der Waals surface area contributed by atoms with Crippen molar-refractivity contribution in [1.82, 2.24) is 0 Å². The molecule has 0 bridgehead atoms. The van der Waals surface area contributed by atoms with E-state index in [0.29, 0.717) is 0 Å². The van der Waals surface area contributed by atoms with Gasteiger partial charge in [0, 0.05) is 8.95 Å². The summed E-state index contributed by atoms with van der Waals surface area (Å²) in [4.78, 5) is 0. The zero-order valence-corrected chi connectivity index (χ0v) is 11.7. The van der Waals surface area contributed by atoms with Gasteiger partial charge in [-0.2, -0.15) is 0 Å². The van der Waals surface area contributed by atoms with Crippen molar-refractivity contribution in [3.63, 3.8) is 0 Å². The molecule has 0 nitrogen and oxygen atoms in total. The highest BCUT2D eigenvalue weighted by atomic mass is 79.9. The predicted octanol–water partition coefficient (Wildman–Crippen LogP) is 5.44. The molecule has 0 unspecified atom stereocenters. The Morgan fingerprint density at radius 2 is 0.778 bits per heavy atom. The Hall–Kier alpha value is -0.880. The summed E-state index contributed by atoms with van der Waals surface area (Å²) in [7, 11) is 0. The van der Waals surface area contributed by atoms with Crippen molar-refractivity contribution < 1.29 is 17.6 Å². The summed E-state index contributed by atoms with van der Waals surface area (Å²) in [6, 6.07) is 3.78. The van der Waals surface area contributed by atoms with E-state index in [0.717, 1.165) is 24.3 Å². The molecule has 0 amide bonds. The molecule has 2 aromatic rings. The molecule has 0 heterocycles. The van der Waals surface area contributed by atoms with Crippen LogP contribution in [0, 0.1) is 23.3 Å². The highest BCUT2D eigenvalue weighted by Crippen LogP contribution is 2.34. The zero-order chi connectivity index (χ0) is 13.4. The monoisotopic (exact) mass is 382 g/mol. The molecule has 2 rings (SSSR count). The number of hydrogen-bond acceptors (Lipinski definition) is 0. The van der Waals surface area contributed by atoms with Crippen LogP contribution in [-0.2, 0) is 0 Å². The van der Waals surface area contributed by atoms with Gasteiger partial charge in [-0.15, -0.1) is 0 Å². The van der Waals surface area contributed by atoms with Crippen LogP contribution in [0.2, 0.25) is 0 Å². The maximum Gasteiger partial charge on any atom is 0.135 e. The first-order chi connectivity index (χ1) is 8.40. The van der Waals surface area contributed by atoms with Crippen LogP contribution in [0.1, 0.15) is 0 Å². The van der Waals surface area contributed by atoms with Gasteiger partial charge in [0.25, 0.3) is 0 Å². The number of rotatable bonds is 1. The molecule has 0 aliphatic rings. The fourth-order valence-electron chi connectivity index (χ4n) is 1.56. The fraction of sp³-hybridized carbons (Fsp3) is 0. The summed E-state index contributed by atoms with van der Waals surface area (Å²) in [5.74, 6) is -4.16. The third kappa shape index (κ3) is 2.44. The van der Waals surface area contributed by atoms with Gasteiger partial charge < -0.3 is 0 Å². The van der Waals surface area contributed by atoms with Gasteiger partial charge in [0.2, 0.25) is 0 Å². The Labute approximate surface area is 117 Å².